The van der Waals surface area contributed by atoms with Crippen molar-refractivity contribution in [2.75, 3.05) is 24.2 Å². The summed E-state index contributed by atoms with van der Waals surface area (Å²) < 4.78 is 64.8. The molecule has 11 heteroatoms. The zero-order valence-electron chi connectivity index (χ0n) is 20.1. The van der Waals surface area contributed by atoms with E-state index >= 15 is 0 Å². The smallest absolute Gasteiger partial charge is 0.357 e. The van der Waals surface area contributed by atoms with E-state index in [-0.39, 0.29) is 43.4 Å². The predicted octanol–water partition coefficient (Wildman–Crippen LogP) is 3.72. The molecule has 192 valence electrons. The van der Waals surface area contributed by atoms with Gasteiger partial charge in [-0.05, 0) is 44.0 Å². The number of alkyl halides is 3. The molecule has 0 aliphatic carbocycles. The second-order valence-electron chi connectivity index (χ2n) is 8.29. The predicted molar refractivity (Wildman–Crippen MR) is 128 cm³/mol. The van der Waals surface area contributed by atoms with Gasteiger partial charge in [0.2, 0.25) is 21.8 Å². The van der Waals surface area contributed by atoms with Crippen LogP contribution >= 0.6 is 0 Å². The van der Waals surface area contributed by atoms with Crippen LogP contribution in [0.1, 0.15) is 36.5 Å². The van der Waals surface area contributed by atoms with Gasteiger partial charge in [0.15, 0.2) is 0 Å². The first-order valence-electron chi connectivity index (χ1n) is 11.0. The molecule has 0 radical (unpaired) electrons. The number of nitrogens with zero attached hydrogens (tertiary/aromatic N) is 2. The zero-order chi connectivity index (χ0) is 26.4. The molecule has 7 nitrogen and oxygen atoms in total. The highest BCUT2D eigenvalue weighted by Gasteiger charge is 2.32. The minimum absolute atomic E-state index is 0.0485. The molecule has 0 aliphatic heterocycles. The molecule has 0 saturated heterocycles. The number of nitrogens with one attached hydrogen (secondary N) is 1. The maximum Gasteiger partial charge on any atom is 0.416 e. The molecule has 0 aliphatic rings. The summed E-state index contributed by atoms with van der Waals surface area (Å²) in [4.78, 5) is 26.7. The number of carbonyl (C=O) groups excluding carboxylic acids is 2. The van der Waals surface area contributed by atoms with Gasteiger partial charge in [-0.2, -0.15) is 13.2 Å². The first-order chi connectivity index (χ1) is 16.2. The van der Waals surface area contributed by atoms with Crippen LogP contribution in [0.5, 0.6) is 0 Å². The van der Waals surface area contributed by atoms with E-state index in [9.17, 15) is 31.2 Å². The molecule has 0 saturated carbocycles. The van der Waals surface area contributed by atoms with Crippen molar-refractivity contribution in [3.05, 3.63) is 65.2 Å². The van der Waals surface area contributed by atoms with Crippen molar-refractivity contribution in [1.82, 2.24) is 10.2 Å². The summed E-state index contributed by atoms with van der Waals surface area (Å²) in [5.41, 5.74) is 0.719. The van der Waals surface area contributed by atoms with Crippen LogP contribution < -0.4 is 9.62 Å². The molecule has 1 atom stereocenters. The minimum atomic E-state index is -4.62. The largest absolute Gasteiger partial charge is 0.416 e. The molecule has 2 amide bonds. The fourth-order valence-electron chi connectivity index (χ4n) is 3.64. The van der Waals surface area contributed by atoms with Crippen molar-refractivity contribution in [2.24, 2.45) is 0 Å². The van der Waals surface area contributed by atoms with Gasteiger partial charge in [0.05, 0.1) is 17.5 Å². The van der Waals surface area contributed by atoms with Gasteiger partial charge in [0.1, 0.15) is 6.04 Å². The molecule has 0 spiro atoms. The van der Waals surface area contributed by atoms with Crippen LogP contribution in [0, 0.1) is 6.92 Å². The summed E-state index contributed by atoms with van der Waals surface area (Å²) >= 11 is 0. The van der Waals surface area contributed by atoms with Gasteiger partial charge >= 0.3 is 6.18 Å². The first kappa shape index (κ1) is 28.2. The van der Waals surface area contributed by atoms with Crippen molar-refractivity contribution in [3.63, 3.8) is 0 Å². The number of anilines is 1. The van der Waals surface area contributed by atoms with Crippen molar-refractivity contribution in [1.29, 1.82) is 0 Å². The molecule has 2 aromatic carbocycles. The van der Waals surface area contributed by atoms with E-state index in [1.165, 1.54) is 18.0 Å². The van der Waals surface area contributed by atoms with E-state index in [1.807, 2.05) is 31.2 Å². The Balaban J connectivity index is 2.19. The summed E-state index contributed by atoms with van der Waals surface area (Å²) in [6, 6.07) is 10.7. The Labute approximate surface area is 204 Å². The lowest BCUT2D eigenvalue weighted by Gasteiger charge is -2.29. The average Bonchev–Trinajstić information content (AvgIpc) is 2.78. The molecule has 0 heterocycles. The molecule has 35 heavy (non-hydrogen) atoms. The van der Waals surface area contributed by atoms with Crippen LogP contribution in [-0.4, -0.2) is 51.0 Å². The normalized spacial score (nSPS) is 12.7. The van der Waals surface area contributed by atoms with Crippen molar-refractivity contribution >= 4 is 27.5 Å². The quantitative estimate of drug-likeness (QED) is 0.525. The number of carbonyl (C=O) groups is 2. The maximum atomic E-state index is 13.1. The van der Waals surface area contributed by atoms with Gasteiger partial charge in [-0.1, -0.05) is 35.9 Å². The van der Waals surface area contributed by atoms with Crippen LogP contribution in [0.25, 0.3) is 0 Å². The first-order valence-corrected chi connectivity index (χ1v) is 12.8. The molecule has 2 aromatic rings. The third-order valence-corrected chi connectivity index (χ3v) is 6.66. The number of halogens is 3. The summed E-state index contributed by atoms with van der Waals surface area (Å²) in [7, 11) is -2.44. The Morgan fingerprint density at radius 3 is 2.31 bits per heavy atom. The number of sulfonamides is 1. The van der Waals surface area contributed by atoms with Crippen LogP contribution in [0.4, 0.5) is 18.9 Å². The standard InChI is InChI=1S/C24H30F3N3O4S/c1-17-8-5-9-19(14-17)16-29(18(2)23(32)28-3)22(31)12-7-13-30(35(4,33)34)21-11-6-10-20(15-21)24(25,26)27/h5-6,8-11,14-15,18H,7,12-13,16H2,1-4H3,(H,28,32)/t18-/m0/s1. The number of aryl methyl sites for hydroxylation is 1. The zero-order valence-corrected chi connectivity index (χ0v) is 20.9. The lowest BCUT2D eigenvalue weighted by Crippen LogP contribution is -2.46. The number of amides is 2. The highest BCUT2D eigenvalue weighted by Crippen LogP contribution is 2.32. The van der Waals surface area contributed by atoms with Crippen LogP contribution in [0.2, 0.25) is 0 Å². The summed E-state index contributed by atoms with van der Waals surface area (Å²) in [6.45, 7) is 3.49. The minimum Gasteiger partial charge on any atom is -0.357 e. The van der Waals surface area contributed by atoms with Crippen molar-refractivity contribution in [2.45, 2.75) is 45.5 Å². The fourth-order valence-corrected chi connectivity index (χ4v) is 4.60. The number of rotatable bonds is 10. The molecule has 0 unspecified atom stereocenters. The van der Waals surface area contributed by atoms with Crippen molar-refractivity contribution < 1.29 is 31.2 Å². The Morgan fingerprint density at radius 1 is 1.09 bits per heavy atom. The van der Waals surface area contributed by atoms with E-state index in [0.29, 0.717) is 0 Å². The van der Waals surface area contributed by atoms with Gasteiger partial charge < -0.3 is 10.2 Å². The molecule has 0 bridgehead atoms. The summed E-state index contributed by atoms with van der Waals surface area (Å²) in [6.07, 6.45) is -3.78. The molecular weight excluding hydrogens is 483 g/mol. The van der Waals surface area contributed by atoms with Crippen LogP contribution in [-0.2, 0) is 32.3 Å². The highest BCUT2D eigenvalue weighted by molar-refractivity contribution is 7.92. The number of hydrogen-bond donors (Lipinski definition) is 1. The Hall–Kier alpha value is -3.08. The molecule has 2 rings (SSSR count). The fraction of sp³-hybridized carbons (Fsp3) is 0.417. The van der Waals surface area contributed by atoms with E-state index in [2.05, 4.69) is 5.32 Å². The van der Waals surface area contributed by atoms with E-state index in [1.54, 1.807) is 6.92 Å². The SMILES string of the molecule is CNC(=O)[C@H](C)N(Cc1cccc(C)c1)C(=O)CCCN(c1cccc(C(F)(F)F)c1)S(C)(=O)=O. The topological polar surface area (TPSA) is 86.8 Å². The maximum absolute atomic E-state index is 13.1. The van der Waals surface area contributed by atoms with Gasteiger partial charge in [-0.25, -0.2) is 8.42 Å². The van der Waals surface area contributed by atoms with Gasteiger partial charge in [0.25, 0.3) is 0 Å². The van der Waals surface area contributed by atoms with Crippen molar-refractivity contribution in [3.8, 4) is 0 Å². The number of hydrogen-bond acceptors (Lipinski definition) is 4. The number of benzene rings is 2. The van der Waals surface area contributed by atoms with E-state index in [4.69, 9.17) is 0 Å². The molecular formula is C24H30F3N3O4S. The average molecular weight is 514 g/mol. The molecule has 1 N–H and O–H groups in total. The number of likely N-dealkylation sites (N-methyl/N-ethyl adjacent to an activating group) is 1. The van der Waals surface area contributed by atoms with E-state index in [0.717, 1.165) is 39.9 Å². The lowest BCUT2D eigenvalue weighted by molar-refractivity contribution is -0.140. The second-order valence-corrected chi connectivity index (χ2v) is 10.2. The summed E-state index contributed by atoms with van der Waals surface area (Å²) in [5, 5.41) is 2.52. The molecule has 0 fully saturated rings. The Bertz CT molecular complexity index is 1150. The van der Waals surface area contributed by atoms with Crippen LogP contribution in [0.15, 0.2) is 48.5 Å². The van der Waals surface area contributed by atoms with Gasteiger partial charge in [-0.15, -0.1) is 0 Å². The summed E-state index contributed by atoms with van der Waals surface area (Å²) in [5.74, 6) is -0.729. The third-order valence-electron chi connectivity index (χ3n) is 5.46. The Morgan fingerprint density at radius 2 is 1.74 bits per heavy atom. The highest BCUT2D eigenvalue weighted by atomic mass is 32.2. The van der Waals surface area contributed by atoms with Gasteiger partial charge in [0, 0.05) is 26.6 Å². The molecule has 0 aromatic heterocycles. The van der Waals surface area contributed by atoms with E-state index < -0.39 is 27.8 Å². The lowest BCUT2D eigenvalue weighted by atomic mass is 10.1. The van der Waals surface area contributed by atoms with Crippen LogP contribution in [0.3, 0.4) is 0 Å². The second kappa shape index (κ2) is 11.6. The monoisotopic (exact) mass is 513 g/mol. The third kappa shape index (κ3) is 7.98. The Kier molecular flexibility index (Phi) is 9.31. The van der Waals surface area contributed by atoms with Gasteiger partial charge in [-0.3, -0.25) is 13.9 Å².